The van der Waals surface area contributed by atoms with Crippen LogP contribution in [0.5, 0.6) is 11.5 Å². The fourth-order valence-corrected chi connectivity index (χ4v) is 6.33. The molecule has 3 aromatic rings. The van der Waals surface area contributed by atoms with E-state index in [1.165, 1.54) is 33.5 Å². The van der Waals surface area contributed by atoms with Gasteiger partial charge in [-0.25, -0.2) is 14.2 Å². The third-order valence-electron chi connectivity index (χ3n) is 8.18. The first-order valence-electron chi connectivity index (χ1n) is 13.3. The van der Waals surface area contributed by atoms with Gasteiger partial charge in [-0.3, -0.25) is 4.90 Å². The number of ether oxygens (including phenoxy) is 3. The van der Waals surface area contributed by atoms with Crippen LogP contribution in [0.4, 0.5) is 14.9 Å². The van der Waals surface area contributed by atoms with Gasteiger partial charge in [-0.15, -0.1) is 0 Å². The van der Waals surface area contributed by atoms with E-state index in [2.05, 4.69) is 11.5 Å². The summed E-state index contributed by atoms with van der Waals surface area (Å²) in [6, 6.07) is 6.79. The predicted molar refractivity (Wildman–Crippen MR) is 143 cm³/mol. The first-order valence-corrected chi connectivity index (χ1v) is 13.3. The number of benzene rings is 2. The molecule has 0 spiro atoms. The number of carbonyl (C=O) groups excluding carboxylic acids is 1. The van der Waals surface area contributed by atoms with Gasteiger partial charge in [0, 0.05) is 17.6 Å². The van der Waals surface area contributed by atoms with Crippen molar-refractivity contribution in [2.75, 3.05) is 26.2 Å². The number of hydrogen-bond donors (Lipinski definition) is 1. The number of methoxy groups -OCH3 is 3. The van der Waals surface area contributed by atoms with Gasteiger partial charge in [0.25, 0.3) is 0 Å². The van der Waals surface area contributed by atoms with Gasteiger partial charge >= 0.3 is 6.09 Å². The van der Waals surface area contributed by atoms with Crippen molar-refractivity contribution in [2.24, 2.45) is 5.92 Å². The number of aliphatic hydroxyl groups is 1. The maximum absolute atomic E-state index is 14.8. The second-order valence-corrected chi connectivity index (χ2v) is 10.5. The van der Waals surface area contributed by atoms with E-state index in [-0.39, 0.29) is 23.4 Å². The van der Waals surface area contributed by atoms with Gasteiger partial charge in [0.1, 0.15) is 17.7 Å². The van der Waals surface area contributed by atoms with Crippen molar-refractivity contribution in [3.63, 3.8) is 0 Å². The quantitative estimate of drug-likeness (QED) is 0.444. The SMILES string of the molecule is COC(=O)N1c2ccc3c(nc(C(O)c4c(OC)ccc(F)c4OC)n3C3CCCC(C)C3)c2CCC1C. The molecule has 2 heterocycles. The Hall–Kier alpha value is -3.33. The molecule has 2 aromatic carbocycles. The molecule has 1 N–H and O–H groups in total. The number of hydrogen-bond acceptors (Lipinski definition) is 6. The lowest BCUT2D eigenvalue weighted by atomic mass is 9.86. The highest BCUT2D eigenvalue weighted by molar-refractivity contribution is 5.95. The number of anilines is 1. The highest BCUT2D eigenvalue weighted by Gasteiger charge is 2.35. The van der Waals surface area contributed by atoms with E-state index in [9.17, 15) is 14.3 Å². The lowest BCUT2D eigenvalue weighted by Crippen LogP contribution is -2.42. The van der Waals surface area contributed by atoms with Crippen LogP contribution in [0.15, 0.2) is 24.3 Å². The van der Waals surface area contributed by atoms with E-state index in [1.54, 1.807) is 4.90 Å². The lowest BCUT2D eigenvalue weighted by Gasteiger charge is -2.34. The molecule has 38 heavy (non-hydrogen) atoms. The summed E-state index contributed by atoms with van der Waals surface area (Å²) in [6.45, 7) is 4.25. The average Bonchev–Trinajstić information content (AvgIpc) is 3.32. The summed E-state index contributed by atoms with van der Waals surface area (Å²) in [5.41, 5.74) is 3.55. The monoisotopic (exact) mass is 525 g/mol. The minimum absolute atomic E-state index is 0.0143. The number of carbonyl (C=O) groups is 1. The highest BCUT2D eigenvalue weighted by Crippen LogP contribution is 2.45. The third-order valence-corrected chi connectivity index (χ3v) is 8.18. The third kappa shape index (κ3) is 4.26. The maximum Gasteiger partial charge on any atom is 0.414 e. The smallest absolute Gasteiger partial charge is 0.414 e. The van der Waals surface area contributed by atoms with E-state index < -0.39 is 18.0 Å². The number of aryl methyl sites for hydroxylation is 1. The van der Waals surface area contributed by atoms with Crippen molar-refractivity contribution >= 4 is 22.8 Å². The zero-order valence-corrected chi connectivity index (χ0v) is 22.7. The Balaban J connectivity index is 1.75. The first kappa shape index (κ1) is 26.3. The maximum atomic E-state index is 14.8. The standard InChI is InChI=1S/C29H36FN3O5/c1-16-7-6-8-18(15-16)33-22-13-12-21-19(10-9-17(2)32(21)29(35)38-5)25(22)31-28(33)26(34)24-23(36-3)14-11-20(30)27(24)37-4/h11-14,16-18,26,34H,6-10,15H2,1-5H3. The summed E-state index contributed by atoms with van der Waals surface area (Å²) in [5, 5.41) is 11.8. The van der Waals surface area contributed by atoms with E-state index in [0.29, 0.717) is 17.5 Å². The van der Waals surface area contributed by atoms with Gasteiger partial charge in [0.2, 0.25) is 0 Å². The Morgan fingerprint density at radius 2 is 1.89 bits per heavy atom. The van der Waals surface area contributed by atoms with E-state index in [1.807, 2.05) is 19.1 Å². The zero-order valence-electron chi connectivity index (χ0n) is 22.7. The van der Waals surface area contributed by atoms with Gasteiger partial charge in [0.05, 0.1) is 43.6 Å². The number of halogens is 1. The van der Waals surface area contributed by atoms with Crippen LogP contribution in [0, 0.1) is 11.7 Å². The largest absolute Gasteiger partial charge is 0.496 e. The zero-order chi connectivity index (χ0) is 27.1. The molecule has 1 aliphatic heterocycles. The van der Waals surface area contributed by atoms with E-state index in [0.717, 1.165) is 60.8 Å². The summed E-state index contributed by atoms with van der Waals surface area (Å²) < 4.78 is 32.9. The summed E-state index contributed by atoms with van der Waals surface area (Å²) in [7, 11) is 4.24. The minimum Gasteiger partial charge on any atom is -0.496 e. The lowest BCUT2D eigenvalue weighted by molar-refractivity contribution is 0.175. The molecule has 1 fully saturated rings. The Kier molecular flexibility index (Phi) is 7.22. The summed E-state index contributed by atoms with van der Waals surface area (Å²) in [5.74, 6) is 0.608. The molecule has 1 amide bonds. The van der Waals surface area contributed by atoms with Crippen LogP contribution in [0.25, 0.3) is 11.0 Å². The van der Waals surface area contributed by atoms with Crippen LogP contribution in [0.1, 0.15) is 75.0 Å². The van der Waals surface area contributed by atoms with Gasteiger partial charge < -0.3 is 23.9 Å². The second kappa shape index (κ2) is 10.4. The van der Waals surface area contributed by atoms with Gasteiger partial charge in [-0.05, 0) is 62.8 Å². The molecule has 1 aliphatic carbocycles. The van der Waals surface area contributed by atoms with Crippen molar-refractivity contribution in [2.45, 2.75) is 70.6 Å². The number of aliphatic hydroxyl groups excluding tert-OH is 1. The van der Waals surface area contributed by atoms with Gasteiger partial charge in [-0.1, -0.05) is 19.8 Å². The molecule has 4 unspecified atom stereocenters. The first-order chi connectivity index (χ1) is 18.3. The van der Waals surface area contributed by atoms with Crippen LogP contribution in [0.3, 0.4) is 0 Å². The molecule has 1 saturated carbocycles. The van der Waals surface area contributed by atoms with Gasteiger partial charge in [-0.2, -0.15) is 0 Å². The molecular formula is C29H36FN3O5. The normalized spacial score (nSPS) is 22.2. The highest BCUT2D eigenvalue weighted by atomic mass is 19.1. The van der Waals surface area contributed by atoms with Gasteiger partial charge in [0.15, 0.2) is 11.6 Å². The number of nitrogens with zero attached hydrogens (tertiary/aromatic N) is 3. The molecule has 4 atom stereocenters. The average molecular weight is 526 g/mol. The van der Waals surface area contributed by atoms with E-state index in [4.69, 9.17) is 19.2 Å². The molecule has 8 nitrogen and oxygen atoms in total. The molecule has 1 aromatic heterocycles. The number of amides is 1. The Morgan fingerprint density at radius 3 is 2.58 bits per heavy atom. The van der Waals surface area contributed by atoms with Crippen LogP contribution < -0.4 is 14.4 Å². The minimum atomic E-state index is -1.30. The fourth-order valence-electron chi connectivity index (χ4n) is 6.33. The molecule has 9 heteroatoms. The topological polar surface area (TPSA) is 86.1 Å². The molecule has 0 radical (unpaired) electrons. The van der Waals surface area contributed by atoms with Crippen molar-refractivity contribution in [3.05, 3.63) is 47.0 Å². The number of rotatable bonds is 5. The Bertz CT molecular complexity index is 1360. The second-order valence-electron chi connectivity index (χ2n) is 10.5. The molecule has 5 rings (SSSR count). The predicted octanol–water partition coefficient (Wildman–Crippen LogP) is 5.93. The Morgan fingerprint density at radius 1 is 1.11 bits per heavy atom. The molecule has 0 saturated heterocycles. The molecular weight excluding hydrogens is 489 g/mol. The van der Waals surface area contributed by atoms with Crippen LogP contribution in [0.2, 0.25) is 0 Å². The summed E-state index contributed by atoms with van der Waals surface area (Å²) in [6.07, 6.45) is 3.93. The van der Waals surface area contributed by atoms with Crippen molar-refractivity contribution in [3.8, 4) is 11.5 Å². The van der Waals surface area contributed by atoms with Crippen LogP contribution in [-0.4, -0.2) is 48.1 Å². The number of aromatic nitrogens is 2. The summed E-state index contributed by atoms with van der Waals surface area (Å²) >= 11 is 0. The summed E-state index contributed by atoms with van der Waals surface area (Å²) in [4.78, 5) is 19.4. The molecule has 2 aliphatic rings. The number of fused-ring (bicyclic) bond motifs is 3. The van der Waals surface area contributed by atoms with Crippen molar-refractivity contribution in [1.29, 1.82) is 0 Å². The van der Waals surface area contributed by atoms with Crippen molar-refractivity contribution in [1.82, 2.24) is 9.55 Å². The van der Waals surface area contributed by atoms with E-state index >= 15 is 0 Å². The fraction of sp³-hybridized carbons (Fsp3) is 0.517. The Labute approximate surface area is 222 Å². The van der Waals surface area contributed by atoms with Crippen LogP contribution in [-0.2, 0) is 11.2 Å². The molecule has 0 bridgehead atoms. The van der Waals surface area contributed by atoms with Crippen LogP contribution >= 0.6 is 0 Å². The van der Waals surface area contributed by atoms with Crippen molar-refractivity contribution < 1.29 is 28.5 Å². The number of imidazole rings is 1. The molecule has 204 valence electrons.